The second-order valence-electron chi connectivity index (χ2n) is 5.60. The zero-order valence-corrected chi connectivity index (χ0v) is 12.2. The quantitative estimate of drug-likeness (QED) is 0.872. The Hall–Kier alpha value is -1.36. The highest BCUT2D eigenvalue weighted by Crippen LogP contribution is 2.58. The highest BCUT2D eigenvalue weighted by Gasteiger charge is 2.65. The van der Waals surface area contributed by atoms with Crippen LogP contribution in [-0.2, 0) is 9.59 Å². The van der Waals surface area contributed by atoms with Crippen LogP contribution in [0.5, 0.6) is 0 Å². The maximum Gasteiger partial charge on any atom is 0.307 e. The summed E-state index contributed by atoms with van der Waals surface area (Å²) < 4.78 is 0. The minimum atomic E-state index is -0.880. The molecule has 1 amide bonds. The van der Waals surface area contributed by atoms with Crippen LogP contribution >= 0.6 is 11.3 Å². The first-order valence-electron chi connectivity index (χ1n) is 6.46. The molecule has 0 spiro atoms. The lowest BCUT2D eigenvalue weighted by molar-refractivity contribution is -0.140. The van der Waals surface area contributed by atoms with Gasteiger partial charge in [0, 0.05) is 4.88 Å². The van der Waals surface area contributed by atoms with Crippen LogP contribution in [0.1, 0.15) is 38.1 Å². The van der Waals surface area contributed by atoms with Crippen molar-refractivity contribution in [1.82, 2.24) is 5.32 Å². The molecule has 0 aromatic carbocycles. The maximum absolute atomic E-state index is 12.2. The smallest absolute Gasteiger partial charge is 0.307 e. The number of hydrogen-bond donors (Lipinski definition) is 2. The molecule has 1 unspecified atom stereocenters. The third-order valence-corrected chi connectivity index (χ3v) is 4.97. The van der Waals surface area contributed by atoms with Crippen molar-refractivity contribution in [1.29, 1.82) is 0 Å². The SMILES string of the molecule is CCC(NC(=O)[C@H]1[C@@H](C(=O)O)C1(C)C)c1cccs1. The number of thiophene rings is 1. The van der Waals surface area contributed by atoms with Crippen LogP contribution < -0.4 is 5.32 Å². The lowest BCUT2D eigenvalue weighted by atomic mass is 10.1. The molecule has 5 heteroatoms. The van der Waals surface area contributed by atoms with E-state index in [9.17, 15) is 9.59 Å². The summed E-state index contributed by atoms with van der Waals surface area (Å²) in [6, 6.07) is 3.93. The largest absolute Gasteiger partial charge is 0.481 e. The van der Waals surface area contributed by atoms with E-state index in [1.54, 1.807) is 11.3 Å². The van der Waals surface area contributed by atoms with E-state index >= 15 is 0 Å². The Labute approximate surface area is 116 Å². The molecule has 3 atom stereocenters. The number of nitrogens with one attached hydrogen (secondary N) is 1. The minimum Gasteiger partial charge on any atom is -0.481 e. The van der Waals surface area contributed by atoms with Crippen molar-refractivity contribution in [2.45, 2.75) is 33.2 Å². The van der Waals surface area contributed by atoms with E-state index in [4.69, 9.17) is 5.11 Å². The maximum atomic E-state index is 12.2. The van der Waals surface area contributed by atoms with Crippen LogP contribution in [0, 0.1) is 17.3 Å². The van der Waals surface area contributed by atoms with Gasteiger partial charge in [-0.2, -0.15) is 0 Å². The molecule has 1 fully saturated rings. The summed E-state index contributed by atoms with van der Waals surface area (Å²) in [4.78, 5) is 24.4. The van der Waals surface area contributed by atoms with Gasteiger partial charge >= 0.3 is 5.97 Å². The molecule has 1 aromatic heterocycles. The van der Waals surface area contributed by atoms with E-state index in [2.05, 4.69) is 5.32 Å². The number of carboxylic acids is 1. The van der Waals surface area contributed by atoms with Crippen LogP contribution in [0.2, 0.25) is 0 Å². The molecule has 0 bridgehead atoms. The average molecular weight is 281 g/mol. The monoisotopic (exact) mass is 281 g/mol. The van der Waals surface area contributed by atoms with Gasteiger partial charge in [-0.05, 0) is 23.3 Å². The number of carboxylic acid groups (broad SMARTS) is 1. The van der Waals surface area contributed by atoms with Gasteiger partial charge in [-0.1, -0.05) is 26.8 Å². The van der Waals surface area contributed by atoms with Crippen molar-refractivity contribution >= 4 is 23.2 Å². The molecule has 1 saturated carbocycles. The molecule has 0 aliphatic heterocycles. The van der Waals surface area contributed by atoms with Crippen molar-refractivity contribution in [2.75, 3.05) is 0 Å². The third-order valence-electron chi connectivity index (χ3n) is 3.99. The summed E-state index contributed by atoms with van der Waals surface area (Å²) in [5, 5.41) is 14.1. The Morgan fingerprint density at radius 2 is 2.16 bits per heavy atom. The zero-order valence-electron chi connectivity index (χ0n) is 11.3. The minimum absolute atomic E-state index is 0.0154. The number of hydrogen-bond acceptors (Lipinski definition) is 3. The van der Waals surface area contributed by atoms with Gasteiger partial charge in [-0.15, -0.1) is 11.3 Å². The lowest BCUT2D eigenvalue weighted by Crippen LogP contribution is -2.30. The summed E-state index contributed by atoms with van der Waals surface area (Å²) in [5.41, 5.74) is -0.441. The molecule has 1 heterocycles. The molecule has 0 radical (unpaired) electrons. The van der Waals surface area contributed by atoms with Gasteiger partial charge in [0.15, 0.2) is 0 Å². The molecule has 0 saturated heterocycles. The second-order valence-corrected chi connectivity index (χ2v) is 6.58. The van der Waals surface area contributed by atoms with Crippen LogP contribution in [0.3, 0.4) is 0 Å². The number of amides is 1. The van der Waals surface area contributed by atoms with Gasteiger partial charge in [0.25, 0.3) is 0 Å². The molecule has 1 aromatic rings. The van der Waals surface area contributed by atoms with Crippen LogP contribution in [-0.4, -0.2) is 17.0 Å². The standard InChI is InChI=1S/C14H19NO3S/c1-4-8(9-6-5-7-19-9)15-12(16)10-11(13(17)18)14(10,2)3/h5-8,10-11H,4H2,1-3H3,(H,15,16)(H,17,18)/t8?,10-,11+/m1/s1. The van der Waals surface area contributed by atoms with Gasteiger partial charge in [0.2, 0.25) is 5.91 Å². The van der Waals surface area contributed by atoms with Crippen molar-refractivity contribution in [3.05, 3.63) is 22.4 Å². The van der Waals surface area contributed by atoms with Crippen LogP contribution in [0.15, 0.2) is 17.5 Å². The lowest BCUT2D eigenvalue weighted by Gasteiger charge is -2.16. The van der Waals surface area contributed by atoms with Gasteiger partial charge < -0.3 is 10.4 Å². The summed E-state index contributed by atoms with van der Waals surface area (Å²) in [6.45, 7) is 5.68. The molecular weight excluding hydrogens is 262 g/mol. The van der Waals surface area contributed by atoms with Crippen molar-refractivity contribution in [3.8, 4) is 0 Å². The fraction of sp³-hybridized carbons (Fsp3) is 0.571. The number of rotatable bonds is 5. The number of aliphatic carboxylic acids is 1. The first kappa shape index (κ1) is 14.1. The Bertz CT molecular complexity index is 481. The summed E-state index contributed by atoms with van der Waals surface area (Å²) in [7, 11) is 0. The third kappa shape index (κ3) is 2.52. The van der Waals surface area contributed by atoms with Gasteiger partial charge in [-0.3, -0.25) is 9.59 Å². The van der Waals surface area contributed by atoms with E-state index < -0.39 is 23.2 Å². The molecule has 2 N–H and O–H groups in total. The highest BCUT2D eigenvalue weighted by atomic mass is 32.1. The second kappa shape index (κ2) is 4.96. The topological polar surface area (TPSA) is 66.4 Å². The van der Waals surface area contributed by atoms with E-state index in [0.717, 1.165) is 11.3 Å². The van der Waals surface area contributed by atoms with Gasteiger partial charge in [0.1, 0.15) is 0 Å². The van der Waals surface area contributed by atoms with Crippen LogP contribution in [0.4, 0.5) is 0 Å². The van der Waals surface area contributed by atoms with E-state index in [1.807, 2.05) is 38.3 Å². The zero-order chi connectivity index (χ0) is 14.2. The number of carbonyl (C=O) groups excluding carboxylic acids is 1. The predicted octanol–water partition coefficient (Wildman–Crippen LogP) is 2.67. The van der Waals surface area contributed by atoms with Crippen LogP contribution in [0.25, 0.3) is 0 Å². The van der Waals surface area contributed by atoms with Gasteiger partial charge in [0.05, 0.1) is 17.9 Å². The average Bonchev–Trinajstić information content (AvgIpc) is 2.74. The van der Waals surface area contributed by atoms with Gasteiger partial charge in [-0.25, -0.2) is 0 Å². The molecule has 4 nitrogen and oxygen atoms in total. The molecule has 1 aliphatic rings. The van der Waals surface area contributed by atoms with Crippen molar-refractivity contribution in [2.24, 2.45) is 17.3 Å². The summed E-state index contributed by atoms with van der Waals surface area (Å²) in [6.07, 6.45) is 0.803. The molecular formula is C14H19NO3S. The van der Waals surface area contributed by atoms with Crippen molar-refractivity contribution in [3.63, 3.8) is 0 Å². The molecule has 19 heavy (non-hydrogen) atoms. The summed E-state index contributed by atoms with van der Waals surface area (Å²) in [5.74, 6) is -2.00. The summed E-state index contributed by atoms with van der Waals surface area (Å²) >= 11 is 1.61. The Morgan fingerprint density at radius 1 is 1.47 bits per heavy atom. The molecule has 2 rings (SSSR count). The first-order valence-corrected chi connectivity index (χ1v) is 7.34. The molecule has 104 valence electrons. The van der Waals surface area contributed by atoms with E-state index in [0.29, 0.717) is 0 Å². The molecule has 1 aliphatic carbocycles. The fourth-order valence-electron chi connectivity index (χ4n) is 2.71. The Kier molecular flexibility index (Phi) is 3.67. The normalized spacial score (nSPS) is 25.6. The predicted molar refractivity (Wildman–Crippen MR) is 73.9 cm³/mol. The highest BCUT2D eigenvalue weighted by molar-refractivity contribution is 7.10. The Balaban J connectivity index is 2.04. The fourth-order valence-corrected chi connectivity index (χ4v) is 3.57. The number of carbonyl (C=O) groups is 2. The first-order chi connectivity index (χ1) is 8.89. The van der Waals surface area contributed by atoms with Crippen molar-refractivity contribution < 1.29 is 14.7 Å². The van der Waals surface area contributed by atoms with E-state index in [-0.39, 0.29) is 11.9 Å². The van der Waals surface area contributed by atoms with E-state index in [1.165, 1.54) is 0 Å². The Morgan fingerprint density at radius 3 is 2.58 bits per heavy atom.